The van der Waals surface area contributed by atoms with E-state index in [1.54, 1.807) is 13.0 Å². The van der Waals surface area contributed by atoms with Crippen molar-refractivity contribution in [1.82, 2.24) is 5.32 Å². The maximum absolute atomic E-state index is 12.5. The Bertz CT molecular complexity index is 406. The van der Waals surface area contributed by atoms with Gasteiger partial charge in [0.15, 0.2) is 0 Å². The monoisotopic (exact) mass is 257 g/mol. The van der Waals surface area contributed by atoms with Gasteiger partial charge < -0.3 is 5.32 Å². The first-order chi connectivity index (χ1) is 8.47. The largest absolute Gasteiger partial charge is 0.416 e. The Balaban J connectivity index is 2.09. The molecule has 1 aromatic rings. The molecule has 0 bridgehead atoms. The fourth-order valence-electron chi connectivity index (χ4n) is 2.50. The first kappa shape index (κ1) is 13.4. The molecule has 1 nitrogen and oxygen atoms in total. The molecule has 1 aliphatic rings. The van der Waals surface area contributed by atoms with Crippen molar-refractivity contribution in [2.24, 2.45) is 5.92 Å². The fourth-order valence-corrected chi connectivity index (χ4v) is 2.50. The van der Waals surface area contributed by atoms with Crippen molar-refractivity contribution in [3.8, 4) is 0 Å². The van der Waals surface area contributed by atoms with E-state index in [2.05, 4.69) is 5.32 Å². The van der Waals surface area contributed by atoms with Crippen LogP contribution in [0.2, 0.25) is 0 Å². The summed E-state index contributed by atoms with van der Waals surface area (Å²) in [5, 5.41) is 3.30. The van der Waals surface area contributed by atoms with Gasteiger partial charge in [-0.3, -0.25) is 0 Å². The van der Waals surface area contributed by atoms with E-state index in [1.165, 1.54) is 12.1 Å². The number of hydrogen-bond donors (Lipinski definition) is 1. The van der Waals surface area contributed by atoms with E-state index in [0.717, 1.165) is 43.5 Å². The smallest absolute Gasteiger partial charge is 0.317 e. The van der Waals surface area contributed by atoms with Gasteiger partial charge in [-0.2, -0.15) is 13.2 Å². The average Bonchev–Trinajstić information content (AvgIpc) is 2.32. The van der Waals surface area contributed by atoms with Crippen molar-refractivity contribution in [2.75, 3.05) is 13.1 Å². The van der Waals surface area contributed by atoms with Crippen molar-refractivity contribution in [1.29, 1.82) is 0 Å². The molecule has 18 heavy (non-hydrogen) atoms. The van der Waals surface area contributed by atoms with Crippen LogP contribution in [0.4, 0.5) is 13.2 Å². The quantitative estimate of drug-likeness (QED) is 0.854. The third-order valence-electron chi connectivity index (χ3n) is 3.64. The summed E-state index contributed by atoms with van der Waals surface area (Å²) in [7, 11) is 0. The van der Waals surface area contributed by atoms with Crippen LogP contribution in [-0.4, -0.2) is 13.1 Å². The molecule has 1 aromatic carbocycles. The molecule has 1 fully saturated rings. The molecule has 0 atom stereocenters. The molecular formula is C14H18F3N. The van der Waals surface area contributed by atoms with E-state index < -0.39 is 11.7 Å². The third-order valence-corrected chi connectivity index (χ3v) is 3.64. The van der Waals surface area contributed by atoms with E-state index in [0.29, 0.717) is 5.92 Å². The maximum atomic E-state index is 12.5. The van der Waals surface area contributed by atoms with Gasteiger partial charge in [0.25, 0.3) is 0 Å². The molecule has 0 spiro atoms. The molecule has 1 saturated heterocycles. The minimum atomic E-state index is -4.24. The second-order valence-electron chi connectivity index (χ2n) is 5.04. The number of piperidine rings is 1. The zero-order valence-electron chi connectivity index (χ0n) is 10.5. The van der Waals surface area contributed by atoms with Gasteiger partial charge in [0.2, 0.25) is 0 Å². The van der Waals surface area contributed by atoms with E-state index in [9.17, 15) is 13.2 Å². The SMILES string of the molecule is Cc1cc(C(F)(F)F)ccc1CC1CCNCC1. The molecule has 1 N–H and O–H groups in total. The van der Waals surface area contributed by atoms with Crippen LogP contribution in [0.15, 0.2) is 18.2 Å². The Morgan fingerprint density at radius 3 is 2.44 bits per heavy atom. The highest BCUT2D eigenvalue weighted by atomic mass is 19.4. The van der Waals surface area contributed by atoms with Gasteiger partial charge in [0, 0.05) is 0 Å². The van der Waals surface area contributed by atoms with Crippen LogP contribution in [0.25, 0.3) is 0 Å². The van der Waals surface area contributed by atoms with Gasteiger partial charge in [-0.15, -0.1) is 0 Å². The molecule has 0 aromatic heterocycles. The van der Waals surface area contributed by atoms with E-state index in [4.69, 9.17) is 0 Å². The number of aryl methyl sites for hydroxylation is 1. The van der Waals surface area contributed by atoms with E-state index in [-0.39, 0.29) is 0 Å². The van der Waals surface area contributed by atoms with Crippen LogP contribution in [-0.2, 0) is 12.6 Å². The van der Waals surface area contributed by atoms with Gasteiger partial charge in [0.05, 0.1) is 5.56 Å². The summed E-state index contributed by atoms with van der Waals surface area (Å²) in [5.41, 5.74) is 1.26. The topological polar surface area (TPSA) is 12.0 Å². The summed E-state index contributed by atoms with van der Waals surface area (Å²) in [5.74, 6) is 0.599. The first-order valence-corrected chi connectivity index (χ1v) is 6.34. The number of halogens is 3. The minimum Gasteiger partial charge on any atom is -0.317 e. The van der Waals surface area contributed by atoms with Gasteiger partial charge >= 0.3 is 6.18 Å². The van der Waals surface area contributed by atoms with Crippen molar-refractivity contribution >= 4 is 0 Å². The normalized spacial score (nSPS) is 18.0. The Morgan fingerprint density at radius 2 is 1.89 bits per heavy atom. The Morgan fingerprint density at radius 1 is 1.22 bits per heavy atom. The minimum absolute atomic E-state index is 0.547. The third kappa shape index (κ3) is 3.25. The van der Waals surface area contributed by atoms with Crippen molar-refractivity contribution < 1.29 is 13.2 Å². The molecule has 100 valence electrons. The Kier molecular flexibility index (Phi) is 3.95. The van der Waals surface area contributed by atoms with Crippen LogP contribution in [0.3, 0.4) is 0 Å². The standard InChI is InChI=1S/C14H18F3N/c1-10-8-13(14(15,16)17)3-2-12(10)9-11-4-6-18-7-5-11/h2-3,8,11,18H,4-7,9H2,1H3. The molecule has 0 saturated carbocycles. The Labute approximate surface area is 105 Å². The van der Waals surface area contributed by atoms with Gasteiger partial charge in [-0.25, -0.2) is 0 Å². The van der Waals surface area contributed by atoms with Crippen LogP contribution in [0.5, 0.6) is 0 Å². The van der Waals surface area contributed by atoms with E-state index >= 15 is 0 Å². The number of benzene rings is 1. The Hall–Kier alpha value is -1.03. The molecule has 2 rings (SSSR count). The second-order valence-corrected chi connectivity index (χ2v) is 5.04. The lowest BCUT2D eigenvalue weighted by Gasteiger charge is -2.23. The average molecular weight is 257 g/mol. The van der Waals surface area contributed by atoms with Gasteiger partial charge in [-0.05, 0) is 68.5 Å². The summed E-state index contributed by atoms with van der Waals surface area (Å²) in [6.07, 6.45) is -1.12. The van der Waals surface area contributed by atoms with Crippen molar-refractivity contribution in [2.45, 2.75) is 32.4 Å². The zero-order valence-corrected chi connectivity index (χ0v) is 10.5. The maximum Gasteiger partial charge on any atom is 0.416 e. The summed E-state index contributed by atoms with van der Waals surface area (Å²) in [4.78, 5) is 0. The molecule has 1 aliphatic heterocycles. The molecular weight excluding hydrogens is 239 g/mol. The summed E-state index contributed by atoms with van der Waals surface area (Å²) in [6, 6.07) is 4.10. The molecule has 0 radical (unpaired) electrons. The lowest BCUT2D eigenvalue weighted by atomic mass is 9.89. The summed E-state index contributed by atoms with van der Waals surface area (Å²) >= 11 is 0. The predicted octanol–water partition coefficient (Wildman–Crippen LogP) is 3.56. The second kappa shape index (κ2) is 5.31. The molecule has 0 amide bonds. The number of rotatable bonds is 2. The zero-order chi connectivity index (χ0) is 13.2. The predicted molar refractivity (Wildman–Crippen MR) is 65.5 cm³/mol. The van der Waals surface area contributed by atoms with Crippen molar-refractivity contribution in [3.05, 3.63) is 34.9 Å². The van der Waals surface area contributed by atoms with Gasteiger partial charge in [-0.1, -0.05) is 6.07 Å². The lowest BCUT2D eigenvalue weighted by Crippen LogP contribution is -2.28. The molecule has 4 heteroatoms. The van der Waals surface area contributed by atoms with Crippen LogP contribution in [0, 0.1) is 12.8 Å². The van der Waals surface area contributed by atoms with Crippen LogP contribution >= 0.6 is 0 Å². The van der Waals surface area contributed by atoms with E-state index in [1.807, 2.05) is 0 Å². The highest BCUT2D eigenvalue weighted by Gasteiger charge is 2.30. The van der Waals surface area contributed by atoms with Crippen molar-refractivity contribution in [3.63, 3.8) is 0 Å². The highest BCUT2D eigenvalue weighted by Crippen LogP contribution is 2.31. The number of nitrogens with one attached hydrogen (secondary N) is 1. The molecule has 0 aliphatic carbocycles. The highest BCUT2D eigenvalue weighted by molar-refractivity contribution is 5.32. The lowest BCUT2D eigenvalue weighted by molar-refractivity contribution is -0.137. The fraction of sp³-hybridized carbons (Fsp3) is 0.571. The first-order valence-electron chi connectivity index (χ1n) is 6.34. The number of hydrogen-bond acceptors (Lipinski definition) is 1. The summed E-state index contributed by atoms with van der Waals surface area (Å²) < 4.78 is 37.6. The van der Waals surface area contributed by atoms with Gasteiger partial charge in [0.1, 0.15) is 0 Å². The van der Waals surface area contributed by atoms with Crippen LogP contribution < -0.4 is 5.32 Å². The summed E-state index contributed by atoms with van der Waals surface area (Å²) in [6.45, 7) is 3.81. The molecule has 1 heterocycles. The van der Waals surface area contributed by atoms with Crippen LogP contribution in [0.1, 0.15) is 29.5 Å². The molecule has 0 unspecified atom stereocenters. The number of alkyl halides is 3.